The molecule has 3 heterocycles. The molecule has 1 unspecified atom stereocenters. The monoisotopic (exact) mass is 288 g/mol. The van der Waals surface area contributed by atoms with Gasteiger partial charge < -0.3 is 19.9 Å². The first kappa shape index (κ1) is 13.7. The molecule has 1 amide bonds. The SMILES string of the molecule is CCNc1cn2ccnc2c(N2CCC(NC(C)=O)C2)n1. The lowest BCUT2D eigenvalue weighted by molar-refractivity contribution is -0.119. The van der Waals surface area contributed by atoms with Crippen molar-refractivity contribution in [2.75, 3.05) is 29.9 Å². The maximum absolute atomic E-state index is 11.2. The normalized spacial score (nSPS) is 18.2. The minimum Gasteiger partial charge on any atom is -0.369 e. The van der Waals surface area contributed by atoms with Gasteiger partial charge in [-0.05, 0) is 13.3 Å². The molecule has 1 atom stereocenters. The van der Waals surface area contributed by atoms with Gasteiger partial charge in [-0.1, -0.05) is 0 Å². The number of amides is 1. The number of anilines is 2. The van der Waals surface area contributed by atoms with Crippen molar-refractivity contribution >= 4 is 23.2 Å². The Hall–Kier alpha value is -2.31. The van der Waals surface area contributed by atoms with Crippen LogP contribution in [0.4, 0.5) is 11.6 Å². The van der Waals surface area contributed by atoms with Crippen molar-refractivity contribution in [2.45, 2.75) is 26.3 Å². The van der Waals surface area contributed by atoms with Crippen molar-refractivity contribution in [3.05, 3.63) is 18.6 Å². The maximum Gasteiger partial charge on any atom is 0.217 e. The summed E-state index contributed by atoms with van der Waals surface area (Å²) in [6, 6.07) is 0.183. The zero-order chi connectivity index (χ0) is 14.8. The van der Waals surface area contributed by atoms with Gasteiger partial charge in [-0.3, -0.25) is 4.79 Å². The molecule has 1 aliphatic heterocycles. The van der Waals surface area contributed by atoms with E-state index < -0.39 is 0 Å². The van der Waals surface area contributed by atoms with Gasteiger partial charge in [0.1, 0.15) is 5.82 Å². The van der Waals surface area contributed by atoms with Crippen molar-refractivity contribution in [2.24, 2.45) is 0 Å². The van der Waals surface area contributed by atoms with E-state index in [0.29, 0.717) is 0 Å². The van der Waals surface area contributed by atoms with Gasteiger partial charge in [-0.15, -0.1) is 0 Å². The zero-order valence-corrected chi connectivity index (χ0v) is 12.3. The fourth-order valence-electron chi connectivity index (χ4n) is 2.75. The summed E-state index contributed by atoms with van der Waals surface area (Å²) in [6.45, 7) is 6.06. The number of carbonyl (C=O) groups is 1. The largest absolute Gasteiger partial charge is 0.369 e. The molecule has 0 saturated carbocycles. The van der Waals surface area contributed by atoms with Gasteiger partial charge in [0.15, 0.2) is 11.5 Å². The zero-order valence-electron chi connectivity index (χ0n) is 12.3. The Morgan fingerprint density at radius 3 is 3.14 bits per heavy atom. The van der Waals surface area contributed by atoms with Crippen LogP contribution in [0.5, 0.6) is 0 Å². The highest BCUT2D eigenvalue weighted by atomic mass is 16.1. The molecule has 0 radical (unpaired) electrons. The Kier molecular flexibility index (Phi) is 3.64. The van der Waals surface area contributed by atoms with Gasteiger partial charge in [0.05, 0.1) is 6.20 Å². The number of hydrogen-bond donors (Lipinski definition) is 2. The van der Waals surface area contributed by atoms with Crippen molar-refractivity contribution in [3.63, 3.8) is 0 Å². The second kappa shape index (κ2) is 5.59. The van der Waals surface area contributed by atoms with Crippen LogP contribution in [0.2, 0.25) is 0 Å². The average Bonchev–Trinajstić information content (AvgIpc) is 3.06. The molecule has 2 aromatic rings. The first-order chi connectivity index (χ1) is 10.2. The highest BCUT2D eigenvalue weighted by Gasteiger charge is 2.26. The van der Waals surface area contributed by atoms with Crippen molar-refractivity contribution in [1.29, 1.82) is 0 Å². The minimum absolute atomic E-state index is 0.0159. The number of carbonyl (C=O) groups excluding carboxylic acids is 1. The van der Waals surface area contributed by atoms with Crippen LogP contribution in [0.1, 0.15) is 20.3 Å². The number of nitrogens with one attached hydrogen (secondary N) is 2. The molecule has 2 N–H and O–H groups in total. The minimum atomic E-state index is 0.0159. The fourth-order valence-corrected chi connectivity index (χ4v) is 2.75. The van der Waals surface area contributed by atoms with Crippen LogP contribution in [0.15, 0.2) is 18.6 Å². The Labute approximate surface area is 123 Å². The Morgan fingerprint density at radius 2 is 2.38 bits per heavy atom. The molecule has 0 spiro atoms. The lowest BCUT2D eigenvalue weighted by Crippen LogP contribution is -2.35. The summed E-state index contributed by atoms with van der Waals surface area (Å²) >= 11 is 0. The highest BCUT2D eigenvalue weighted by molar-refractivity contribution is 5.73. The van der Waals surface area contributed by atoms with Gasteiger partial charge in [0, 0.05) is 45.0 Å². The molecular weight excluding hydrogens is 268 g/mol. The molecule has 7 nitrogen and oxygen atoms in total. The molecule has 1 fully saturated rings. The van der Waals surface area contributed by atoms with Crippen molar-refractivity contribution < 1.29 is 4.79 Å². The second-order valence-corrected chi connectivity index (χ2v) is 5.27. The molecule has 0 bridgehead atoms. The number of rotatable bonds is 4. The number of nitrogens with zero attached hydrogens (tertiary/aromatic N) is 4. The summed E-state index contributed by atoms with van der Waals surface area (Å²) in [5.74, 6) is 1.72. The molecular formula is C14H20N6O. The number of imidazole rings is 1. The van der Waals surface area contributed by atoms with E-state index >= 15 is 0 Å². The predicted molar refractivity (Wildman–Crippen MR) is 81.6 cm³/mol. The van der Waals surface area contributed by atoms with Gasteiger partial charge in [0.25, 0.3) is 0 Å². The molecule has 2 aromatic heterocycles. The molecule has 3 rings (SSSR count). The second-order valence-electron chi connectivity index (χ2n) is 5.27. The molecule has 0 aliphatic carbocycles. The van der Waals surface area contributed by atoms with E-state index in [0.717, 1.165) is 43.3 Å². The summed E-state index contributed by atoms with van der Waals surface area (Å²) < 4.78 is 1.98. The van der Waals surface area contributed by atoms with E-state index in [1.807, 2.05) is 23.7 Å². The summed E-state index contributed by atoms with van der Waals surface area (Å²) in [5, 5.41) is 6.21. The quantitative estimate of drug-likeness (QED) is 0.873. The maximum atomic E-state index is 11.2. The highest BCUT2D eigenvalue weighted by Crippen LogP contribution is 2.24. The van der Waals surface area contributed by atoms with Crippen LogP contribution in [-0.2, 0) is 4.79 Å². The summed E-state index contributed by atoms with van der Waals surface area (Å²) in [5.41, 5.74) is 0.847. The molecule has 0 aromatic carbocycles. The van der Waals surface area contributed by atoms with Crippen LogP contribution in [0.3, 0.4) is 0 Å². The molecule has 1 saturated heterocycles. The van der Waals surface area contributed by atoms with Crippen molar-refractivity contribution in [1.82, 2.24) is 19.7 Å². The molecule has 21 heavy (non-hydrogen) atoms. The van der Waals surface area contributed by atoms with Crippen LogP contribution >= 0.6 is 0 Å². The van der Waals surface area contributed by atoms with E-state index in [4.69, 9.17) is 0 Å². The third-order valence-corrected chi connectivity index (χ3v) is 3.61. The molecule has 1 aliphatic rings. The van der Waals surface area contributed by atoms with E-state index in [1.165, 1.54) is 0 Å². The number of aromatic nitrogens is 3. The first-order valence-corrected chi connectivity index (χ1v) is 7.27. The van der Waals surface area contributed by atoms with Crippen LogP contribution in [-0.4, -0.2) is 46.0 Å². The fraction of sp³-hybridized carbons (Fsp3) is 0.500. The number of fused-ring (bicyclic) bond motifs is 1. The number of hydrogen-bond acceptors (Lipinski definition) is 5. The van der Waals surface area contributed by atoms with Gasteiger partial charge in [0.2, 0.25) is 5.91 Å². The summed E-state index contributed by atoms with van der Waals surface area (Å²) in [7, 11) is 0. The van der Waals surface area contributed by atoms with Gasteiger partial charge >= 0.3 is 0 Å². The van der Waals surface area contributed by atoms with E-state index in [1.54, 1.807) is 13.1 Å². The van der Waals surface area contributed by atoms with Crippen molar-refractivity contribution in [3.8, 4) is 0 Å². The molecule has 7 heteroatoms. The van der Waals surface area contributed by atoms with Crippen LogP contribution in [0.25, 0.3) is 5.65 Å². The van der Waals surface area contributed by atoms with Crippen LogP contribution in [0, 0.1) is 0 Å². The lowest BCUT2D eigenvalue weighted by Gasteiger charge is -2.19. The smallest absolute Gasteiger partial charge is 0.217 e. The summed E-state index contributed by atoms with van der Waals surface area (Å²) in [4.78, 5) is 22.4. The predicted octanol–water partition coefficient (Wildman–Crippen LogP) is 0.876. The van der Waals surface area contributed by atoms with E-state index in [-0.39, 0.29) is 11.9 Å². The third kappa shape index (κ3) is 2.76. The lowest BCUT2D eigenvalue weighted by atomic mass is 10.3. The topological polar surface area (TPSA) is 74.6 Å². The first-order valence-electron chi connectivity index (χ1n) is 7.27. The molecule has 112 valence electrons. The van der Waals surface area contributed by atoms with E-state index in [9.17, 15) is 4.79 Å². The van der Waals surface area contributed by atoms with Crippen LogP contribution < -0.4 is 15.5 Å². The average molecular weight is 288 g/mol. The van der Waals surface area contributed by atoms with E-state index in [2.05, 4.69) is 25.5 Å². The standard InChI is InChI=1S/C14H20N6O/c1-3-15-12-9-20-7-5-16-13(20)14(18-12)19-6-4-11(8-19)17-10(2)21/h5,7,9,11,15H,3-4,6,8H2,1-2H3,(H,17,21). The Balaban J connectivity index is 1.89. The van der Waals surface area contributed by atoms with Gasteiger partial charge in [-0.25, -0.2) is 9.97 Å². The summed E-state index contributed by atoms with van der Waals surface area (Å²) in [6.07, 6.45) is 6.57. The Morgan fingerprint density at radius 1 is 1.52 bits per heavy atom. The Bertz CT molecular complexity index is 652. The van der Waals surface area contributed by atoms with Gasteiger partial charge in [-0.2, -0.15) is 0 Å². The third-order valence-electron chi connectivity index (χ3n) is 3.61.